The number of aliphatic hydroxyl groups is 1. The van der Waals surface area contributed by atoms with E-state index in [9.17, 15) is 19.5 Å². The van der Waals surface area contributed by atoms with Crippen molar-refractivity contribution in [3.05, 3.63) is 60.2 Å². The number of nitrogens with zero attached hydrogens (tertiary/aromatic N) is 3. The Bertz CT molecular complexity index is 1200. The fraction of sp³-hybridized carbons (Fsp3) is 0.567. The number of ether oxygens (including phenoxy) is 2. The molecule has 1 unspecified atom stereocenters. The Morgan fingerprint density at radius 1 is 1.00 bits per heavy atom. The minimum absolute atomic E-state index is 0.147. The molecule has 6 rings (SSSR count). The maximum atomic E-state index is 14.6. The summed E-state index contributed by atoms with van der Waals surface area (Å²) >= 11 is 1.53. The normalized spacial score (nSPS) is 35.0. The lowest BCUT2D eigenvalue weighted by Gasteiger charge is -2.40. The molecule has 6 atom stereocenters. The van der Waals surface area contributed by atoms with E-state index in [-0.39, 0.29) is 25.0 Å². The van der Waals surface area contributed by atoms with Crippen molar-refractivity contribution in [1.29, 1.82) is 0 Å². The first-order chi connectivity index (χ1) is 19.4. The summed E-state index contributed by atoms with van der Waals surface area (Å²) in [6, 6.07) is 7.75. The van der Waals surface area contributed by atoms with Crippen LogP contribution in [0.4, 0.5) is 0 Å². The van der Waals surface area contributed by atoms with Crippen LogP contribution in [0.25, 0.3) is 0 Å². The maximum absolute atomic E-state index is 14.6. The van der Waals surface area contributed by atoms with Crippen LogP contribution in [-0.2, 0) is 23.9 Å². The highest BCUT2D eigenvalue weighted by atomic mass is 32.2. The zero-order chi connectivity index (χ0) is 27.9. The van der Waals surface area contributed by atoms with E-state index in [1.165, 1.54) is 11.8 Å². The minimum Gasteiger partial charge on any atom is -0.465 e. The Morgan fingerprint density at radius 3 is 2.52 bits per heavy atom. The molecular formula is C30H37N3O6S. The third kappa shape index (κ3) is 4.49. The number of likely N-dealkylation sites (tertiary alicyclic amines) is 1. The fourth-order valence-electron chi connectivity index (χ4n) is 7.13. The Morgan fingerprint density at radius 2 is 1.77 bits per heavy atom. The quantitative estimate of drug-likeness (QED) is 0.409. The molecule has 3 fully saturated rings. The SMILES string of the molecule is C[C@@]12C=CCCOC(=O)[C@@H]1[C@H]1C(=O)N([C@H](CO)c3ccccc3)C3C(=O)N(CCN4CCOCC4)CC=C[C@@]31S2. The van der Waals surface area contributed by atoms with Crippen LogP contribution >= 0.6 is 11.8 Å². The number of fused-ring (bicyclic) bond motifs is 2. The first-order valence-electron chi connectivity index (χ1n) is 14.2. The van der Waals surface area contributed by atoms with Crippen LogP contribution in [0.1, 0.15) is 24.9 Å². The highest BCUT2D eigenvalue weighted by Crippen LogP contribution is 2.66. The molecule has 3 saturated heterocycles. The van der Waals surface area contributed by atoms with E-state index in [4.69, 9.17) is 9.47 Å². The number of benzene rings is 1. The van der Waals surface area contributed by atoms with Crippen molar-refractivity contribution in [1.82, 2.24) is 14.7 Å². The van der Waals surface area contributed by atoms with Gasteiger partial charge in [0, 0.05) is 37.5 Å². The van der Waals surface area contributed by atoms with Gasteiger partial charge >= 0.3 is 5.97 Å². The number of thioether (sulfide) groups is 1. The van der Waals surface area contributed by atoms with E-state index >= 15 is 0 Å². The zero-order valence-corrected chi connectivity index (χ0v) is 23.6. The van der Waals surface area contributed by atoms with Crippen molar-refractivity contribution in [2.75, 3.05) is 59.2 Å². The molecule has 5 aliphatic rings. The van der Waals surface area contributed by atoms with Crippen LogP contribution in [-0.4, -0.2) is 112 Å². The van der Waals surface area contributed by atoms with E-state index in [1.807, 2.05) is 66.5 Å². The summed E-state index contributed by atoms with van der Waals surface area (Å²) in [4.78, 5) is 48.4. The summed E-state index contributed by atoms with van der Waals surface area (Å²) < 4.78 is 9.42. The molecule has 5 heterocycles. The van der Waals surface area contributed by atoms with Crippen molar-refractivity contribution < 1.29 is 29.0 Å². The number of morpholine rings is 1. The van der Waals surface area contributed by atoms with Crippen LogP contribution in [0, 0.1) is 11.8 Å². The average Bonchev–Trinajstić information content (AvgIpc) is 3.28. The van der Waals surface area contributed by atoms with Crippen LogP contribution in [0.15, 0.2) is 54.6 Å². The van der Waals surface area contributed by atoms with E-state index in [2.05, 4.69) is 4.90 Å². The van der Waals surface area contributed by atoms with Crippen LogP contribution in [0.2, 0.25) is 0 Å². The number of aliphatic hydroxyl groups excluding tert-OH is 1. The molecular weight excluding hydrogens is 530 g/mol. The van der Waals surface area contributed by atoms with Crippen molar-refractivity contribution in [2.24, 2.45) is 11.8 Å². The van der Waals surface area contributed by atoms with E-state index in [0.717, 1.165) is 18.7 Å². The highest BCUT2D eigenvalue weighted by Gasteiger charge is 2.74. The van der Waals surface area contributed by atoms with Crippen molar-refractivity contribution in [3.63, 3.8) is 0 Å². The molecule has 40 heavy (non-hydrogen) atoms. The van der Waals surface area contributed by atoms with Gasteiger partial charge in [-0.05, 0) is 18.9 Å². The number of carbonyl (C=O) groups is 3. The van der Waals surface area contributed by atoms with Gasteiger partial charge in [-0.1, -0.05) is 54.6 Å². The second-order valence-corrected chi connectivity index (χ2v) is 13.1. The number of amides is 2. The second-order valence-electron chi connectivity index (χ2n) is 11.4. The third-order valence-corrected chi connectivity index (χ3v) is 10.8. The van der Waals surface area contributed by atoms with Crippen molar-refractivity contribution in [3.8, 4) is 0 Å². The van der Waals surface area contributed by atoms with Gasteiger partial charge in [-0.25, -0.2) is 0 Å². The van der Waals surface area contributed by atoms with Crippen molar-refractivity contribution >= 4 is 29.5 Å². The number of carbonyl (C=O) groups excluding carboxylic acids is 3. The lowest BCUT2D eigenvalue weighted by Crippen LogP contribution is -2.55. The molecule has 1 aromatic rings. The van der Waals surface area contributed by atoms with Gasteiger partial charge in [0.2, 0.25) is 11.8 Å². The molecule has 1 spiro atoms. The summed E-state index contributed by atoms with van der Waals surface area (Å²) in [5.74, 6) is -2.37. The summed E-state index contributed by atoms with van der Waals surface area (Å²) in [5, 5.41) is 10.7. The monoisotopic (exact) mass is 567 g/mol. The first-order valence-corrected chi connectivity index (χ1v) is 15.0. The van der Waals surface area contributed by atoms with E-state index in [0.29, 0.717) is 39.3 Å². The summed E-state index contributed by atoms with van der Waals surface area (Å²) in [6.07, 6.45) is 8.65. The summed E-state index contributed by atoms with van der Waals surface area (Å²) in [6.45, 7) is 6.57. The van der Waals surface area contributed by atoms with Gasteiger partial charge in [0.25, 0.3) is 0 Å². The smallest absolute Gasteiger partial charge is 0.311 e. The molecule has 0 radical (unpaired) electrons. The lowest BCUT2D eigenvalue weighted by atomic mass is 9.74. The lowest BCUT2D eigenvalue weighted by molar-refractivity contribution is -0.154. The predicted octanol–water partition coefficient (Wildman–Crippen LogP) is 1.64. The molecule has 1 aromatic carbocycles. The highest BCUT2D eigenvalue weighted by molar-refractivity contribution is 8.02. The standard InChI is InChI=1S/C30H37N3O6S/c1-29-10-5-6-17-39-28(37)24(29)23-26(35)33(22(20-34)21-8-3-2-4-9-21)25-27(36)32(12-7-11-30(23,25)40-29)14-13-31-15-18-38-19-16-31/h2-5,7-11,22-25,34H,6,12-20H2,1H3/t22-,23+,24+,25?,29-,30+/m1/s1. The number of cyclic esters (lactones) is 1. The van der Waals surface area contributed by atoms with Gasteiger partial charge in [0.05, 0.1) is 49.1 Å². The zero-order valence-electron chi connectivity index (χ0n) is 22.8. The fourth-order valence-corrected chi connectivity index (χ4v) is 9.27. The van der Waals surface area contributed by atoms with E-state index < -0.39 is 39.4 Å². The topological polar surface area (TPSA) is 99.6 Å². The number of hydrogen-bond donors (Lipinski definition) is 1. The summed E-state index contributed by atoms with van der Waals surface area (Å²) in [5.41, 5.74) is 0.752. The van der Waals surface area contributed by atoms with Crippen molar-refractivity contribution in [2.45, 2.75) is 34.9 Å². The Balaban J connectivity index is 1.43. The minimum atomic E-state index is -0.975. The van der Waals surface area contributed by atoms with Gasteiger partial charge in [0.15, 0.2) is 0 Å². The molecule has 0 aliphatic carbocycles. The van der Waals surface area contributed by atoms with Gasteiger partial charge in [-0.2, -0.15) is 0 Å². The van der Waals surface area contributed by atoms with Crippen LogP contribution in [0.3, 0.4) is 0 Å². The molecule has 214 valence electrons. The number of hydrogen-bond acceptors (Lipinski definition) is 8. The van der Waals surface area contributed by atoms with E-state index in [1.54, 1.807) is 4.90 Å². The van der Waals surface area contributed by atoms with Gasteiger partial charge in [-0.3, -0.25) is 19.3 Å². The van der Waals surface area contributed by atoms with Crippen LogP contribution in [0.5, 0.6) is 0 Å². The van der Waals surface area contributed by atoms with Gasteiger partial charge in [-0.15, -0.1) is 11.8 Å². The third-order valence-electron chi connectivity index (χ3n) is 9.02. The molecule has 0 aromatic heterocycles. The van der Waals surface area contributed by atoms with Gasteiger partial charge < -0.3 is 24.4 Å². The first kappa shape index (κ1) is 27.5. The largest absolute Gasteiger partial charge is 0.465 e. The molecule has 1 N–H and O–H groups in total. The number of rotatable bonds is 6. The molecule has 0 saturated carbocycles. The molecule has 9 nitrogen and oxygen atoms in total. The number of esters is 1. The molecule has 5 aliphatic heterocycles. The van der Waals surface area contributed by atoms with Crippen LogP contribution < -0.4 is 0 Å². The average molecular weight is 568 g/mol. The Hall–Kier alpha value is -2.66. The predicted molar refractivity (Wildman–Crippen MR) is 150 cm³/mol. The second kappa shape index (κ2) is 11.0. The molecule has 10 heteroatoms. The summed E-state index contributed by atoms with van der Waals surface area (Å²) in [7, 11) is 0. The molecule has 0 bridgehead atoms. The Labute approximate surface area is 239 Å². The molecule has 2 amide bonds. The Kier molecular flexibility index (Phi) is 7.54. The van der Waals surface area contributed by atoms with Gasteiger partial charge in [0.1, 0.15) is 6.04 Å². The maximum Gasteiger partial charge on any atom is 0.311 e.